The van der Waals surface area contributed by atoms with E-state index in [0.717, 1.165) is 34.7 Å². The Kier molecular flexibility index (Phi) is 9.83. The van der Waals surface area contributed by atoms with Crippen molar-refractivity contribution in [2.75, 3.05) is 39.3 Å². The number of amides is 5. The van der Waals surface area contributed by atoms with E-state index < -0.39 is 11.9 Å². The summed E-state index contributed by atoms with van der Waals surface area (Å²) in [5.74, 6) is -0.0933. The number of nitriles is 1. The lowest BCUT2D eigenvalue weighted by molar-refractivity contribution is 0.0795. The molecule has 2 aromatic rings. The first kappa shape index (κ1) is 26.7. The number of nitrogens with zero attached hydrogens (tertiary/aromatic N) is 3. The molecule has 0 atom stereocenters. The molecule has 5 amide bonds. The molecule has 36 heavy (non-hydrogen) atoms. The topological polar surface area (TPSA) is 118 Å². The highest BCUT2D eigenvalue weighted by Crippen LogP contribution is 2.24. The van der Waals surface area contributed by atoms with E-state index in [1.165, 1.54) is 0 Å². The molecule has 0 aromatic heterocycles. The first-order chi connectivity index (χ1) is 17.4. The fourth-order valence-electron chi connectivity index (χ4n) is 3.95. The lowest BCUT2D eigenvalue weighted by Crippen LogP contribution is -2.50. The van der Waals surface area contributed by atoms with Gasteiger partial charge >= 0.3 is 12.1 Å². The van der Waals surface area contributed by atoms with Gasteiger partial charge in [-0.25, -0.2) is 9.59 Å². The van der Waals surface area contributed by atoms with Crippen molar-refractivity contribution in [2.24, 2.45) is 5.92 Å². The molecule has 0 unspecified atom stereocenters. The molecule has 1 heterocycles. The molecule has 0 bridgehead atoms. The molecular formula is C27H34N6O3. The van der Waals surface area contributed by atoms with E-state index in [-0.39, 0.29) is 19.1 Å². The number of hydrogen-bond acceptors (Lipinski definition) is 5. The largest absolute Gasteiger partial charge is 0.334 e. The fourth-order valence-corrected chi connectivity index (χ4v) is 3.95. The van der Waals surface area contributed by atoms with Gasteiger partial charge in [-0.1, -0.05) is 50.2 Å². The van der Waals surface area contributed by atoms with Crippen LogP contribution in [0.4, 0.5) is 9.59 Å². The van der Waals surface area contributed by atoms with Gasteiger partial charge in [-0.15, -0.1) is 0 Å². The lowest BCUT2D eigenvalue weighted by atomic mass is 9.98. The van der Waals surface area contributed by atoms with Gasteiger partial charge in [0.25, 0.3) is 5.91 Å². The Labute approximate surface area is 212 Å². The molecule has 3 rings (SSSR count). The van der Waals surface area contributed by atoms with Crippen molar-refractivity contribution in [1.82, 2.24) is 25.8 Å². The predicted molar refractivity (Wildman–Crippen MR) is 138 cm³/mol. The quantitative estimate of drug-likeness (QED) is 0.491. The van der Waals surface area contributed by atoms with E-state index in [1.54, 1.807) is 17.0 Å². The average molecular weight is 491 g/mol. The van der Waals surface area contributed by atoms with Gasteiger partial charge in [-0.2, -0.15) is 5.26 Å². The van der Waals surface area contributed by atoms with Crippen molar-refractivity contribution in [3.63, 3.8) is 0 Å². The van der Waals surface area contributed by atoms with Crippen LogP contribution in [0, 0.1) is 17.2 Å². The van der Waals surface area contributed by atoms with Crippen molar-refractivity contribution in [2.45, 2.75) is 26.8 Å². The number of rotatable bonds is 8. The Hall–Kier alpha value is -3.90. The summed E-state index contributed by atoms with van der Waals surface area (Å²) >= 11 is 0. The second kappa shape index (κ2) is 13.3. The standard InChI is InChI=1S/C27H34N6O3/c1-20(2)11-16-33(27(36)30-13-12-28)25(34)22-9-7-21(8-10-22)24-6-4-3-5-23(24)19-31-26(35)32-17-14-29-15-18-32/h3-10,20,29H,11,13-19H2,1-2H3,(H,30,36)(H,31,35). The van der Waals surface area contributed by atoms with Gasteiger partial charge < -0.3 is 20.9 Å². The van der Waals surface area contributed by atoms with Crippen LogP contribution in [0.3, 0.4) is 0 Å². The smallest absolute Gasteiger partial charge is 0.325 e. The van der Waals surface area contributed by atoms with Gasteiger partial charge in [-0.05, 0) is 41.2 Å². The van der Waals surface area contributed by atoms with Gasteiger partial charge in [0.15, 0.2) is 0 Å². The van der Waals surface area contributed by atoms with Crippen molar-refractivity contribution in [3.05, 3.63) is 59.7 Å². The van der Waals surface area contributed by atoms with Crippen LogP contribution in [0.15, 0.2) is 48.5 Å². The summed E-state index contributed by atoms with van der Waals surface area (Å²) in [5, 5.41) is 17.5. The molecule has 0 radical (unpaired) electrons. The molecule has 1 fully saturated rings. The van der Waals surface area contributed by atoms with Crippen molar-refractivity contribution in [3.8, 4) is 17.2 Å². The third-order valence-electron chi connectivity index (χ3n) is 6.03. The number of carbonyl (C=O) groups is 3. The number of imide groups is 1. The van der Waals surface area contributed by atoms with Crippen LogP contribution < -0.4 is 16.0 Å². The normalized spacial score (nSPS) is 13.1. The number of hydrogen-bond donors (Lipinski definition) is 3. The molecule has 0 spiro atoms. The maximum atomic E-state index is 13.1. The number of urea groups is 2. The SMILES string of the molecule is CC(C)CCN(C(=O)NCC#N)C(=O)c1ccc(-c2ccccc2CNC(=O)N2CCNCC2)cc1. The third kappa shape index (κ3) is 7.30. The Bertz CT molecular complexity index is 1090. The minimum atomic E-state index is -0.572. The zero-order chi connectivity index (χ0) is 25.9. The van der Waals surface area contributed by atoms with E-state index in [2.05, 4.69) is 16.0 Å². The van der Waals surface area contributed by atoms with E-state index in [1.807, 2.05) is 56.3 Å². The Morgan fingerprint density at radius 3 is 2.42 bits per heavy atom. The van der Waals surface area contributed by atoms with Crippen LogP contribution in [0.1, 0.15) is 36.2 Å². The van der Waals surface area contributed by atoms with Gasteiger partial charge in [0, 0.05) is 44.8 Å². The summed E-state index contributed by atoms with van der Waals surface area (Å²) in [5.41, 5.74) is 3.22. The number of nitrogens with one attached hydrogen (secondary N) is 3. The molecule has 1 saturated heterocycles. The Morgan fingerprint density at radius 1 is 1.06 bits per heavy atom. The van der Waals surface area contributed by atoms with Gasteiger partial charge in [-0.3, -0.25) is 9.69 Å². The second-order valence-corrected chi connectivity index (χ2v) is 9.09. The van der Waals surface area contributed by atoms with Crippen LogP contribution in [0.2, 0.25) is 0 Å². The predicted octanol–water partition coefficient (Wildman–Crippen LogP) is 3.19. The first-order valence-corrected chi connectivity index (χ1v) is 12.3. The maximum Gasteiger partial charge on any atom is 0.325 e. The van der Waals surface area contributed by atoms with E-state index >= 15 is 0 Å². The molecular weight excluding hydrogens is 456 g/mol. The van der Waals surface area contributed by atoms with E-state index in [4.69, 9.17) is 5.26 Å². The number of carbonyl (C=O) groups excluding carboxylic acids is 3. The zero-order valence-electron chi connectivity index (χ0n) is 20.9. The summed E-state index contributed by atoms with van der Waals surface area (Å²) in [7, 11) is 0. The number of piperazine rings is 1. The minimum Gasteiger partial charge on any atom is -0.334 e. The molecule has 1 aliphatic rings. The molecule has 0 saturated carbocycles. The number of benzene rings is 2. The molecule has 2 aromatic carbocycles. The fraction of sp³-hybridized carbons (Fsp3) is 0.407. The van der Waals surface area contributed by atoms with Crippen molar-refractivity contribution < 1.29 is 14.4 Å². The minimum absolute atomic E-state index is 0.0802. The van der Waals surface area contributed by atoms with E-state index in [9.17, 15) is 14.4 Å². The highest BCUT2D eigenvalue weighted by molar-refractivity contribution is 6.04. The van der Waals surface area contributed by atoms with Gasteiger partial charge in [0.1, 0.15) is 6.54 Å². The first-order valence-electron chi connectivity index (χ1n) is 12.3. The third-order valence-corrected chi connectivity index (χ3v) is 6.03. The summed E-state index contributed by atoms with van der Waals surface area (Å²) in [6, 6.07) is 16.1. The highest BCUT2D eigenvalue weighted by atomic mass is 16.2. The van der Waals surface area contributed by atoms with Crippen molar-refractivity contribution in [1.29, 1.82) is 5.26 Å². The molecule has 0 aliphatic carbocycles. The monoisotopic (exact) mass is 490 g/mol. The average Bonchev–Trinajstić information content (AvgIpc) is 2.91. The zero-order valence-corrected chi connectivity index (χ0v) is 20.9. The summed E-state index contributed by atoms with van der Waals surface area (Å²) in [6.45, 7) is 7.51. The lowest BCUT2D eigenvalue weighted by Gasteiger charge is -2.27. The van der Waals surface area contributed by atoms with Gasteiger partial charge in [0.05, 0.1) is 6.07 Å². The van der Waals surface area contributed by atoms with E-state index in [0.29, 0.717) is 37.5 Å². The molecule has 9 nitrogen and oxygen atoms in total. The molecule has 9 heteroatoms. The van der Waals surface area contributed by atoms with Crippen LogP contribution in [-0.2, 0) is 6.54 Å². The van der Waals surface area contributed by atoms with Gasteiger partial charge in [0.2, 0.25) is 0 Å². The molecule has 3 N–H and O–H groups in total. The second-order valence-electron chi connectivity index (χ2n) is 9.09. The van der Waals surface area contributed by atoms with Crippen LogP contribution >= 0.6 is 0 Å². The van der Waals surface area contributed by atoms with Crippen molar-refractivity contribution >= 4 is 18.0 Å². The molecule has 1 aliphatic heterocycles. The molecule has 190 valence electrons. The van der Waals surface area contributed by atoms with Crippen LogP contribution in [0.5, 0.6) is 0 Å². The summed E-state index contributed by atoms with van der Waals surface area (Å²) in [4.78, 5) is 41.1. The highest BCUT2D eigenvalue weighted by Gasteiger charge is 2.23. The van der Waals surface area contributed by atoms with Crippen LogP contribution in [-0.4, -0.2) is 67.0 Å². The Balaban J connectivity index is 1.72. The van der Waals surface area contributed by atoms with Crippen LogP contribution in [0.25, 0.3) is 11.1 Å². The summed E-state index contributed by atoms with van der Waals surface area (Å²) < 4.78 is 0. The summed E-state index contributed by atoms with van der Waals surface area (Å²) in [6.07, 6.45) is 0.664. The maximum absolute atomic E-state index is 13.1. The Morgan fingerprint density at radius 2 is 1.75 bits per heavy atom.